The number of nitrogens with one attached hydrogen (secondary N) is 1. The van der Waals surface area contributed by atoms with E-state index < -0.39 is 0 Å². The fourth-order valence-corrected chi connectivity index (χ4v) is 2.58. The summed E-state index contributed by atoms with van der Waals surface area (Å²) in [6.45, 7) is 2.69. The zero-order chi connectivity index (χ0) is 19.6. The molecule has 0 atom stereocenters. The largest absolute Gasteiger partial charge is 0.493 e. The minimum atomic E-state index is -0.205. The number of aryl methyl sites for hydroxylation is 1. The van der Waals surface area contributed by atoms with Crippen LogP contribution >= 0.6 is 0 Å². The third-order valence-corrected chi connectivity index (χ3v) is 4.20. The summed E-state index contributed by atoms with van der Waals surface area (Å²) in [7, 11) is 3.50. The molecular weight excluding hydrogens is 340 g/mol. The van der Waals surface area contributed by atoms with Crippen LogP contribution in [0.25, 0.3) is 0 Å². The van der Waals surface area contributed by atoms with E-state index in [0.717, 1.165) is 18.4 Å². The molecule has 2 rings (SSSR count). The van der Waals surface area contributed by atoms with Crippen LogP contribution in [-0.2, 0) is 11.2 Å². The van der Waals surface area contributed by atoms with Gasteiger partial charge in [-0.2, -0.15) is 0 Å². The molecule has 5 nitrogen and oxygen atoms in total. The molecule has 0 heterocycles. The van der Waals surface area contributed by atoms with Gasteiger partial charge in [-0.25, -0.2) is 0 Å². The van der Waals surface area contributed by atoms with E-state index in [0.29, 0.717) is 36.4 Å². The lowest BCUT2D eigenvalue weighted by Crippen LogP contribution is -2.21. The molecule has 0 bridgehead atoms. The molecule has 0 aliphatic rings. The van der Waals surface area contributed by atoms with E-state index in [4.69, 9.17) is 4.74 Å². The molecule has 0 unspecified atom stereocenters. The first kappa shape index (κ1) is 20.5. The summed E-state index contributed by atoms with van der Waals surface area (Å²) in [5.74, 6) is 0.474. The Hall–Kier alpha value is -2.82. The van der Waals surface area contributed by atoms with Gasteiger partial charge in [0.25, 0.3) is 5.91 Å². The van der Waals surface area contributed by atoms with Crippen LogP contribution in [0.3, 0.4) is 0 Å². The van der Waals surface area contributed by atoms with E-state index in [1.165, 1.54) is 0 Å². The molecule has 0 saturated carbocycles. The van der Waals surface area contributed by atoms with Crippen molar-refractivity contribution in [1.82, 2.24) is 4.90 Å². The summed E-state index contributed by atoms with van der Waals surface area (Å²) in [6, 6.07) is 14.8. The fraction of sp³-hybridized carbons (Fsp3) is 0.364. The quantitative estimate of drug-likeness (QED) is 0.677. The highest BCUT2D eigenvalue weighted by Gasteiger charge is 2.13. The Balaban J connectivity index is 2.04. The number of unbranched alkanes of at least 4 members (excludes halogenated alkanes) is 1. The Morgan fingerprint density at radius 1 is 1.07 bits per heavy atom. The summed E-state index contributed by atoms with van der Waals surface area (Å²) in [6.07, 6.45) is 3.07. The molecule has 0 saturated heterocycles. The Morgan fingerprint density at radius 2 is 1.85 bits per heavy atom. The number of carbonyl (C=O) groups is 2. The molecule has 1 N–H and O–H groups in total. The maximum Gasteiger partial charge on any atom is 0.259 e. The third kappa shape index (κ3) is 6.44. The van der Waals surface area contributed by atoms with Gasteiger partial charge in [-0.1, -0.05) is 37.6 Å². The third-order valence-electron chi connectivity index (χ3n) is 4.20. The molecule has 0 fully saturated rings. The minimum Gasteiger partial charge on any atom is -0.493 e. The first-order valence-electron chi connectivity index (χ1n) is 9.33. The maximum atomic E-state index is 12.7. The van der Waals surface area contributed by atoms with Gasteiger partial charge in [0, 0.05) is 26.2 Å². The second kappa shape index (κ2) is 10.4. The fourth-order valence-electron chi connectivity index (χ4n) is 2.58. The van der Waals surface area contributed by atoms with Gasteiger partial charge in [0.05, 0.1) is 12.2 Å². The molecule has 2 aromatic carbocycles. The van der Waals surface area contributed by atoms with Crippen LogP contribution in [0.2, 0.25) is 0 Å². The number of hydrogen-bond acceptors (Lipinski definition) is 3. The highest BCUT2D eigenvalue weighted by atomic mass is 16.5. The lowest BCUT2D eigenvalue weighted by atomic mass is 10.1. The molecular formula is C22H28N2O3. The van der Waals surface area contributed by atoms with Crippen molar-refractivity contribution in [3.05, 3.63) is 59.7 Å². The average Bonchev–Trinajstić information content (AvgIpc) is 2.67. The van der Waals surface area contributed by atoms with Gasteiger partial charge in [-0.15, -0.1) is 0 Å². The monoisotopic (exact) mass is 368 g/mol. The maximum absolute atomic E-state index is 12.7. The summed E-state index contributed by atoms with van der Waals surface area (Å²) < 4.78 is 5.74. The van der Waals surface area contributed by atoms with Crippen molar-refractivity contribution in [3.63, 3.8) is 0 Å². The van der Waals surface area contributed by atoms with Crippen molar-refractivity contribution >= 4 is 17.5 Å². The molecule has 0 spiro atoms. The Kier molecular flexibility index (Phi) is 7.86. The number of ether oxygens (including phenoxy) is 1. The van der Waals surface area contributed by atoms with Crippen molar-refractivity contribution in [1.29, 1.82) is 0 Å². The number of anilines is 1. The first-order valence-corrected chi connectivity index (χ1v) is 9.33. The van der Waals surface area contributed by atoms with E-state index in [1.807, 2.05) is 42.5 Å². The highest BCUT2D eigenvalue weighted by Crippen LogP contribution is 2.21. The molecule has 0 aromatic heterocycles. The summed E-state index contributed by atoms with van der Waals surface area (Å²) >= 11 is 0. The lowest BCUT2D eigenvalue weighted by Gasteiger charge is -2.12. The standard InChI is InChI=1S/C22H28N2O3/c1-4-5-15-27-20-12-7-6-11-19(20)22(26)23-18-10-8-9-17(16-18)13-14-21(25)24(2)3/h6-12,16H,4-5,13-15H2,1-3H3,(H,23,26). The van der Waals surface area contributed by atoms with Crippen molar-refractivity contribution in [2.75, 3.05) is 26.0 Å². The van der Waals surface area contributed by atoms with Crippen LogP contribution < -0.4 is 10.1 Å². The molecule has 27 heavy (non-hydrogen) atoms. The second-order valence-corrected chi connectivity index (χ2v) is 6.64. The highest BCUT2D eigenvalue weighted by molar-refractivity contribution is 6.06. The molecule has 0 radical (unpaired) electrons. The number of benzene rings is 2. The molecule has 0 aliphatic heterocycles. The van der Waals surface area contributed by atoms with Crippen LogP contribution in [0, 0.1) is 0 Å². The van der Waals surface area contributed by atoms with Crippen molar-refractivity contribution in [2.45, 2.75) is 32.6 Å². The SMILES string of the molecule is CCCCOc1ccccc1C(=O)Nc1cccc(CCC(=O)N(C)C)c1. The van der Waals surface area contributed by atoms with Gasteiger partial charge in [0.1, 0.15) is 5.75 Å². The summed E-state index contributed by atoms with van der Waals surface area (Å²) in [5, 5.41) is 2.93. The number of nitrogens with zero attached hydrogens (tertiary/aromatic N) is 1. The predicted molar refractivity (Wildman–Crippen MR) is 108 cm³/mol. The Bertz CT molecular complexity index is 772. The Morgan fingerprint density at radius 3 is 2.59 bits per heavy atom. The predicted octanol–water partition coefficient (Wildman–Crippen LogP) is 4.14. The Labute approximate surface area is 161 Å². The average molecular weight is 368 g/mol. The van der Waals surface area contributed by atoms with Gasteiger partial charge in [0.15, 0.2) is 0 Å². The first-order chi connectivity index (χ1) is 13.0. The van der Waals surface area contributed by atoms with E-state index in [-0.39, 0.29) is 11.8 Å². The number of para-hydroxylation sites is 1. The van der Waals surface area contributed by atoms with Gasteiger partial charge in [0.2, 0.25) is 5.91 Å². The molecule has 2 aromatic rings. The zero-order valence-electron chi connectivity index (χ0n) is 16.3. The second-order valence-electron chi connectivity index (χ2n) is 6.64. The topological polar surface area (TPSA) is 58.6 Å². The van der Waals surface area contributed by atoms with Crippen molar-refractivity contribution in [3.8, 4) is 5.75 Å². The molecule has 0 aliphatic carbocycles. The normalized spacial score (nSPS) is 10.3. The lowest BCUT2D eigenvalue weighted by molar-refractivity contribution is -0.128. The molecule has 144 valence electrons. The number of hydrogen-bond donors (Lipinski definition) is 1. The van der Waals surface area contributed by atoms with Crippen LogP contribution in [0.4, 0.5) is 5.69 Å². The van der Waals surface area contributed by atoms with Crippen LogP contribution in [0.15, 0.2) is 48.5 Å². The van der Waals surface area contributed by atoms with Crippen LogP contribution in [0.1, 0.15) is 42.1 Å². The number of carbonyl (C=O) groups excluding carboxylic acids is 2. The minimum absolute atomic E-state index is 0.0857. The summed E-state index contributed by atoms with van der Waals surface area (Å²) in [4.78, 5) is 26.0. The van der Waals surface area contributed by atoms with E-state index in [1.54, 1.807) is 25.1 Å². The molecule has 2 amide bonds. The van der Waals surface area contributed by atoms with Crippen LogP contribution in [0.5, 0.6) is 5.75 Å². The van der Waals surface area contributed by atoms with E-state index in [9.17, 15) is 9.59 Å². The van der Waals surface area contributed by atoms with Crippen LogP contribution in [-0.4, -0.2) is 37.4 Å². The number of rotatable bonds is 9. The molecule has 5 heteroatoms. The smallest absolute Gasteiger partial charge is 0.259 e. The summed E-state index contributed by atoms with van der Waals surface area (Å²) in [5.41, 5.74) is 2.23. The van der Waals surface area contributed by atoms with Crippen molar-refractivity contribution < 1.29 is 14.3 Å². The van der Waals surface area contributed by atoms with Gasteiger partial charge < -0.3 is 15.0 Å². The number of amides is 2. The van der Waals surface area contributed by atoms with E-state index in [2.05, 4.69) is 12.2 Å². The van der Waals surface area contributed by atoms with Gasteiger partial charge in [-0.05, 0) is 42.7 Å². The van der Waals surface area contributed by atoms with Gasteiger partial charge in [-0.3, -0.25) is 9.59 Å². The zero-order valence-corrected chi connectivity index (χ0v) is 16.3. The van der Waals surface area contributed by atoms with Gasteiger partial charge >= 0.3 is 0 Å². The van der Waals surface area contributed by atoms with E-state index >= 15 is 0 Å². The van der Waals surface area contributed by atoms with Crippen molar-refractivity contribution in [2.24, 2.45) is 0 Å².